The van der Waals surface area contributed by atoms with E-state index in [2.05, 4.69) is 28.8 Å². The molecule has 3 rings (SSSR count). The van der Waals surface area contributed by atoms with E-state index < -0.39 is 0 Å². The molecular formula is C16H19ClN2O2. The maximum Gasteiger partial charge on any atom is 0.287 e. The Labute approximate surface area is 130 Å². The first-order valence-electron chi connectivity index (χ1n) is 6.80. The lowest BCUT2D eigenvalue weighted by Crippen LogP contribution is -2.23. The second kappa shape index (κ2) is 6.33. The van der Waals surface area contributed by atoms with Gasteiger partial charge in [0.05, 0.1) is 0 Å². The second-order valence-electron chi connectivity index (χ2n) is 5.26. The third-order valence-electron chi connectivity index (χ3n) is 3.60. The van der Waals surface area contributed by atoms with Crippen molar-refractivity contribution in [3.63, 3.8) is 0 Å². The van der Waals surface area contributed by atoms with Crippen LogP contribution in [0.2, 0.25) is 0 Å². The van der Waals surface area contributed by atoms with Crippen molar-refractivity contribution in [3.8, 4) is 0 Å². The van der Waals surface area contributed by atoms with Crippen LogP contribution in [0, 0.1) is 13.8 Å². The zero-order chi connectivity index (χ0) is 14.1. The van der Waals surface area contributed by atoms with Crippen molar-refractivity contribution >= 4 is 18.3 Å². The largest absolute Gasteiger partial charge is 0.456 e. The quantitative estimate of drug-likeness (QED) is 0.917. The Hall–Kier alpha value is -1.78. The molecule has 0 atom stereocenters. The van der Waals surface area contributed by atoms with Crippen molar-refractivity contribution in [2.45, 2.75) is 33.5 Å². The molecule has 1 aliphatic heterocycles. The summed E-state index contributed by atoms with van der Waals surface area (Å²) >= 11 is 0. The molecule has 2 aromatic rings. The molecule has 1 aliphatic rings. The molecule has 0 bridgehead atoms. The van der Waals surface area contributed by atoms with Gasteiger partial charge in [0.15, 0.2) is 5.76 Å². The predicted octanol–water partition coefficient (Wildman–Crippen LogP) is 2.85. The van der Waals surface area contributed by atoms with E-state index >= 15 is 0 Å². The number of rotatable bonds is 3. The van der Waals surface area contributed by atoms with Gasteiger partial charge in [-0.2, -0.15) is 0 Å². The lowest BCUT2D eigenvalue weighted by Gasteiger charge is -2.06. The molecule has 0 radical (unpaired) electrons. The Balaban J connectivity index is 0.00000161. The third-order valence-corrected chi connectivity index (χ3v) is 3.60. The summed E-state index contributed by atoms with van der Waals surface area (Å²) in [7, 11) is 0. The first-order chi connectivity index (χ1) is 9.63. The molecule has 0 aliphatic carbocycles. The molecule has 0 unspecified atom stereocenters. The Kier molecular flexibility index (Phi) is 4.70. The Bertz CT molecular complexity index is 664. The van der Waals surface area contributed by atoms with E-state index in [1.165, 1.54) is 11.1 Å². The number of fused-ring (bicyclic) bond motifs is 1. The van der Waals surface area contributed by atoms with Crippen LogP contribution in [0.4, 0.5) is 0 Å². The number of halogens is 1. The van der Waals surface area contributed by atoms with Gasteiger partial charge in [0, 0.05) is 25.2 Å². The van der Waals surface area contributed by atoms with Crippen LogP contribution >= 0.6 is 12.4 Å². The van der Waals surface area contributed by atoms with Crippen LogP contribution in [0.3, 0.4) is 0 Å². The highest BCUT2D eigenvalue weighted by atomic mass is 35.5. The predicted molar refractivity (Wildman–Crippen MR) is 83.6 cm³/mol. The molecule has 1 aromatic carbocycles. The number of carbonyl (C=O) groups is 1. The van der Waals surface area contributed by atoms with Crippen LogP contribution in [-0.4, -0.2) is 5.91 Å². The Morgan fingerprint density at radius 2 is 2.00 bits per heavy atom. The maximum atomic E-state index is 12.1. The minimum absolute atomic E-state index is 0. The van der Waals surface area contributed by atoms with Gasteiger partial charge in [0.1, 0.15) is 5.76 Å². The average molecular weight is 307 g/mol. The van der Waals surface area contributed by atoms with Crippen molar-refractivity contribution in [2.75, 3.05) is 0 Å². The van der Waals surface area contributed by atoms with E-state index in [0.717, 1.165) is 30.0 Å². The van der Waals surface area contributed by atoms with Crippen LogP contribution in [0.25, 0.3) is 0 Å². The van der Waals surface area contributed by atoms with Crippen LogP contribution in [0.15, 0.2) is 28.7 Å². The van der Waals surface area contributed by atoms with E-state index in [1.807, 2.05) is 19.9 Å². The number of nitrogens with one attached hydrogen (secondary N) is 2. The summed E-state index contributed by atoms with van der Waals surface area (Å²) < 4.78 is 5.42. The number of carbonyl (C=O) groups excluding carboxylic acids is 1. The molecule has 0 spiro atoms. The molecule has 2 heterocycles. The van der Waals surface area contributed by atoms with Gasteiger partial charge in [-0.25, -0.2) is 0 Å². The first kappa shape index (κ1) is 15.6. The van der Waals surface area contributed by atoms with Gasteiger partial charge in [-0.05, 0) is 36.6 Å². The maximum absolute atomic E-state index is 12.1. The fourth-order valence-corrected chi connectivity index (χ4v) is 2.59. The zero-order valence-electron chi connectivity index (χ0n) is 12.2. The SMILES string of the molecule is Cc1cc(C)c(C(=O)NCc2ccc3c(c2)CNC3)o1.Cl. The van der Waals surface area contributed by atoms with Gasteiger partial charge >= 0.3 is 0 Å². The van der Waals surface area contributed by atoms with Gasteiger partial charge in [0.2, 0.25) is 0 Å². The summed E-state index contributed by atoms with van der Waals surface area (Å²) in [6, 6.07) is 8.21. The van der Waals surface area contributed by atoms with Crippen LogP contribution in [-0.2, 0) is 19.6 Å². The van der Waals surface area contributed by atoms with Crippen LogP contribution in [0.5, 0.6) is 0 Å². The van der Waals surface area contributed by atoms with Crippen molar-refractivity contribution in [1.29, 1.82) is 0 Å². The molecule has 0 saturated carbocycles. The van der Waals surface area contributed by atoms with Crippen molar-refractivity contribution < 1.29 is 9.21 Å². The smallest absolute Gasteiger partial charge is 0.287 e. The van der Waals surface area contributed by atoms with Crippen molar-refractivity contribution in [1.82, 2.24) is 10.6 Å². The summed E-state index contributed by atoms with van der Waals surface area (Å²) in [5.74, 6) is 1.01. The van der Waals surface area contributed by atoms with E-state index in [9.17, 15) is 4.79 Å². The molecule has 21 heavy (non-hydrogen) atoms. The molecule has 0 fully saturated rings. The summed E-state index contributed by atoms with van der Waals surface area (Å²) in [5, 5.41) is 6.22. The number of furan rings is 1. The number of aryl methyl sites for hydroxylation is 2. The topological polar surface area (TPSA) is 54.3 Å². The minimum atomic E-state index is -0.158. The standard InChI is InChI=1S/C16H18N2O2.ClH/c1-10-5-11(2)20-15(10)16(19)18-7-12-3-4-13-8-17-9-14(13)6-12;/h3-6,17H,7-9H2,1-2H3,(H,18,19);1H. The molecule has 1 amide bonds. The Morgan fingerprint density at radius 3 is 2.71 bits per heavy atom. The summed E-state index contributed by atoms with van der Waals surface area (Å²) in [4.78, 5) is 12.1. The Morgan fingerprint density at radius 1 is 1.24 bits per heavy atom. The zero-order valence-corrected chi connectivity index (χ0v) is 13.0. The molecule has 112 valence electrons. The molecule has 4 nitrogen and oxygen atoms in total. The number of hydrogen-bond donors (Lipinski definition) is 2. The van der Waals surface area contributed by atoms with E-state index in [4.69, 9.17) is 4.42 Å². The molecule has 5 heteroatoms. The van der Waals surface area contributed by atoms with Crippen LogP contribution in [0.1, 0.15) is 38.6 Å². The second-order valence-corrected chi connectivity index (χ2v) is 5.26. The highest BCUT2D eigenvalue weighted by Crippen LogP contribution is 2.17. The van der Waals surface area contributed by atoms with Crippen molar-refractivity contribution in [3.05, 3.63) is 58.0 Å². The molecule has 1 aromatic heterocycles. The summed E-state index contributed by atoms with van der Waals surface area (Å²) in [6.07, 6.45) is 0. The molecule has 2 N–H and O–H groups in total. The minimum Gasteiger partial charge on any atom is -0.456 e. The summed E-state index contributed by atoms with van der Waals surface area (Å²) in [6.45, 7) is 6.09. The fraction of sp³-hybridized carbons (Fsp3) is 0.312. The highest BCUT2D eigenvalue weighted by molar-refractivity contribution is 5.92. The van der Waals surface area contributed by atoms with E-state index in [0.29, 0.717) is 12.3 Å². The number of hydrogen-bond acceptors (Lipinski definition) is 3. The van der Waals surface area contributed by atoms with Gasteiger partial charge in [0.25, 0.3) is 5.91 Å². The number of benzene rings is 1. The lowest BCUT2D eigenvalue weighted by atomic mass is 10.1. The molecular weight excluding hydrogens is 288 g/mol. The lowest BCUT2D eigenvalue weighted by molar-refractivity contribution is 0.0921. The third kappa shape index (κ3) is 3.28. The number of amides is 1. The highest BCUT2D eigenvalue weighted by Gasteiger charge is 2.15. The molecule has 0 saturated heterocycles. The van der Waals surface area contributed by atoms with Crippen LogP contribution < -0.4 is 10.6 Å². The van der Waals surface area contributed by atoms with Gasteiger partial charge < -0.3 is 15.1 Å². The van der Waals surface area contributed by atoms with Gasteiger partial charge in [-0.1, -0.05) is 18.2 Å². The summed E-state index contributed by atoms with van der Waals surface area (Å²) in [5.41, 5.74) is 4.65. The first-order valence-corrected chi connectivity index (χ1v) is 6.80. The van der Waals surface area contributed by atoms with Gasteiger partial charge in [-0.15, -0.1) is 12.4 Å². The van der Waals surface area contributed by atoms with E-state index in [-0.39, 0.29) is 18.3 Å². The normalized spacial score (nSPS) is 12.7. The fourth-order valence-electron chi connectivity index (χ4n) is 2.59. The monoisotopic (exact) mass is 306 g/mol. The van der Waals surface area contributed by atoms with E-state index in [1.54, 1.807) is 0 Å². The van der Waals surface area contributed by atoms with Gasteiger partial charge in [-0.3, -0.25) is 4.79 Å². The van der Waals surface area contributed by atoms with Crippen molar-refractivity contribution in [2.24, 2.45) is 0 Å². The average Bonchev–Trinajstić information content (AvgIpc) is 3.01.